The summed E-state index contributed by atoms with van der Waals surface area (Å²) in [7, 11) is -11.5. The number of unbranched alkanes of at least 4 members (excludes halogenated alkanes) is 14. The van der Waals surface area contributed by atoms with E-state index in [1.807, 2.05) is 6.92 Å². The third-order valence-corrected chi connectivity index (χ3v) is 13.7. The number of carbonyl (C=O) groups excluding carboxylic acids is 3. The Kier molecular flexibility index (Phi) is 30.2. The van der Waals surface area contributed by atoms with Crippen molar-refractivity contribution in [2.45, 2.75) is 229 Å². The van der Waals surface area contributed by atoms with Crippen molar-refractivity contribution in [3.63, 3.8) is 0 Å². The number of esters is 2. The fraction of sp³-hybridized carbons (Fsp3) is 0.889. The van der Waals surface area contributed by atoms with Gasteiger partial charge in [0.05, 0.1) is 36.9 Å². The molecule has 1 aliphatic heterocycles. The number of phosphoric ester groups is 2. The molecule has 0 aromatic rings. The van der Waals surface area contributed by atoms with Crippen molar-refractivity contribution in [2.24, 2.45) is 11.8 Å². The first-order valence-electron chi connectivity index (χ1n) is 24.3. The van der Waals surface area contributed by atoms with E-state index < -0.39 is 120 Å². The standard InChI is InChI=1S/C45H82O19P2/c1-3-5-7-8-9-10-11-12-13-14-15-16-22-26-39(50)62-33-30-60-38(49)25-21-18-17-20-24-34-36(47)29-37(48)35(28-27-32(46)23-19-6-4-2)41(52)44(63-65(55,56)57)45(43(54)42(53)40(34)51)64-66(58,59)61-31-33/h27-28,32-36,40-47,51-54H,3-26,29-31H2,1-2H3,(H,58,59)(H2,55,56,57)/b28-27+/t32-,33+,34-,35-,36-,40+,41+,42-,43+,44+,45-/m0/s1. The quantitative estimate of drug-likeness (QED) is 0.0254. The molecule has 0 aromatic carbocycles. The number of aliphatic hydroxyl groups excluding tert-OH is 6. The predicted molar refractivity (Wildman–Crippen MR) is 242 cm³/mol. The highest BCUT2D eigenvalue weighted by Crippen LogP contribution is 2.49. The van der Waals surface area contributed by atoms with E-state index in [1.54, 1.807) is 0 Å². The Morgan fingerprint density at radius 2 is 1.36 bits per heavy atom. The Hall–Kier alpha value is -1.67. The summed E-state index contributed by atoms with van der Waals surface area (Å²) in [5, 5.41) is 68.1. The zero-order valence-electron chi connectivity index (χ0n) is 39.1. The number of hydrogen-bond acceptors (Lipinski definition) is 16. The van der Waals surface area contributed by atoms with Crippen LogP contribution >= 0.6 is 15.6 Å². The van der Waals surface area contributed by atoms with E-state index in [9.17, 15) is 68.8 Å². The Balaban J connectivity index is 2.39. The monoisotopic (exact) mass is 988 g/mol. The minimum atomic E-state index is -5.78. The molecule has 66 heavy (non-hydrogen) atoms. The molecular weight excluding hydrogens is 906 g/mol. The summed E-state index contributed by atoms with van der Waals surface area (Å²) >= 11 is 0. The van der Waals surface area contributed by atoms with E-state index in [2.05, 4.69) is 6.92 Å². The summed E-state index contributed by atoms with van der Waals surface area (Å²) in [5.41, 5.74) is 0. The third kappa shape index (κ3) is 24.7. The Morgan fingerprint density at radius 3 is 1.97 bits per heavy atom. The molecule has 2 aliphatic rings. The van der Waals surface area contributed by atoms with Crippen LogP contribution in [-0.4, -0.2) is 131 Å². The van der Waals surface area contributed by atoms with Crippen LogP contribution < -0.4 is 0 Å². The first kappa shape index (κ1) is 60.5. The zero-order chi connectivity index (χ0) is 49.1. The summed E-state index contributed by atoms with van der Waals surface area (Å²) in [4.78, 5) is 70.6. The van der Waals surface area contributed by atoms with Gasteiger partial charge in [-0.25, -0.2) is 9.13 Å². The maximum absolute atomic E-state index is 13.9. The zero-order valence-corrected chi connectivity index (χ0v) is 40.9. The fourth-order valence-corrected chi connectivity index (χ4v) is 9.89. The molecule has 0 spiro atoms. The van der Waals surface area contributed by atoms with E-state index in [-0.39, 0.29) is 32.1 Å². The van der Waals surface area contributed by atoms with Gasteiger partial charge >= 0.3 is 27.6 Å². The Bertz CT molecular complexity index is 1490. The van der Waals surface area contributed by atoms with E-state index in [0.29, 0.717) is 32.1 Å². The van der Waals surface area contributed by atoms with Crippen molar-refractivity contribution in [3.8, 4) is 0 Å². The van der Waals surface area contributed by atoms with E-state index in [0.717, 1.165) is 57.1 Å². The van der Waals surface area contributed by atoms with Crippen molar-refractivity contribution < 1.29 is 91.9 Å². The Labute approximate surface area is 390 Å². The van der Waals surface area contributed by atoms with Gasteiger partial charge in [0.15, 0.2) is 6.10 Å². The minimum Gasteiger partial charge on any atom is -0.462 e. The van der Waals surface area contributed by atoms with Crippen molar-refractivity contribution in [3.05, 3.63) is 12.2 Å². The van der Waals surface area contributed by atoms with Gasteiger partial charge in [-0.15, -0.1) is 0 Å². The van der Waals surface area contributed by atoms with Gasteiger partial charge in [0.25, 0.3) is 0 Å². The van der Waals surface area contributed by atoms with Crippen LogP contribution in [0, 0.1) is 11.8 Å². The fourth-order valence-electron chi connectivity index (χ4n) is 8.36. The number of hydrogen-bond donors (Lipinski definition) is 9. The van der Waals surface area contributed by atoms with Crippen LogP contribution in [0.25, 0.3) is 0 Å². The van der Waals surface area contributed by atoms with Crippen LogP contribution in [0.5, 0.6) is 0 Å². The minimum absolute atomic E-state index is 0.0248. The normalized spacial score (nSPS) is 31.1. The number of rotatable bonds is 23. The SMILES string of the molecule is CCCCCCCCCCCCCCCC(=O)O[C@@H]1COC(=O)CCCCCC[C@@H]2[C@@H](O)[C@H](O)[C@@H](O)[C@H](OP(=O)(O)OC1)[C@H](OP(=O)(O)O)[C@H](O)[C@@H](/C=C/[C@@H](O)CCCCC)C(=O)C[C@@H]2O. The summed E-state index contributed by atoms with van der Waals surface area (Å²) in [6, 6.07) is 0. The first-order chi connectivity index (χ1) is 31.3. The van der Waals surface area contributed by atoms with Crippen molar-refractivity contribution in [1.29, 1.82) is 0 Å². The molecule has 1 saturated heterocycles. The second-order valence-corrected chi connectivity index (χ2v) is 20.6. The topological polar surface area (TPSA) is 314 Å². The van der Waals surface area contributed by atoms with Crippen LogP contribution in [-0.2, 0) is 46.6 Å². The Morgan fingerprint density at radius 1 is 0.788 bits per heavy atom. The van der Waals surface area contributed by atoms with Crippen LogP contribution in [0.4, 0.5) is 0 Å². The second kappa shape index (κ2) is 33.0. The molecule has 1 unspecified atom stereocenters. The smallest absolute Gasteiger partial charge is 0.462 e. The molecule has 1 heterocycles. The predicted octanol–water partition coefficient (Wildman–Crippen LogP) is 5.76. The molecule has 12 atom stereocenters. The summed E-state index contributed by atoms with van der Waals surface area (Å²) in [5.74, 6) is -5.62. The number of aliphatic hydroxyl groups is 6. The average Bonchev–Trinajstić information content (AvgIpc) is 3.25. The summed E-state index contributed by atoms with van der Waals surface area (Å²) in [6.45, 7) is 2.56. The molecule has 0 aromatic heterocycles. The maximum atomic E-state index is 13.9. The van der Waals surface area contributed by atoms with Crippen molar-refractivity contribution in [1.82, 2.24) is 0 Å². The number of fused-ring (bicyclic) bond motifs is 4. The lowest BCUT2D eigenvalue weighted by molar-refractivity contribution is -0.165. The molecular formula is C45H82O19P2. The number of phosphoric acid groups is 2. The first-order valence-corrected chi connectivity index (χ1v) is 27.4. The number of ketones is 1. The number of cyclic esters (lactones) is 1. The van der Waals surface area contributed by atoms with Crippen molar-refractivity contribution in [2.75, 3.05) is 13.2 Å². The molecule has 2 fully saturated rings. The lowest BCUT2D eigenvalue weighted by atomic mass is 9.82. The average molecular weight is 989 g/mol. The molecule has 19 nitrogen and oxygen atoms in total. The lowest BCUT2D eigenvalue weighted by Crippen LogP contribution is -2.56. The van der Waals surface area contributed by atoms with Gasteiger partial charge in [0.1, 0.15) is 36.8 Å². The number of carbonyl (C=O) groups is 3. The number of ether oxygens (including phenoxy) is 2. The highest BCUT2D eigenvalue weighted by molar-refractivity contribution is 7.47. The lowest BCUT2D eigenvalue weighted by Gasteiger charge is -2.38. The summed E-state index contributed by atoms with van der Waals surface area (Å²) in [6.07, 6.45) is -0.0753. The molecule has 0 radical (unpaired) electrons. The molecule has 386 valence electrons. The molecule has 1 aliphatic carbocycles. The van der Waals surface area contributed by atoms with Gasteiger partial charge in [0.2, 0.25) is 0 Å². The van der Waals surface area contributed by atoms with Crippen molar-refractivity contribution >= 4 is 33.4 Å². The van der Waals surface area contributed by atoms with Gasteiger partial charge in [0, 0.05) is 25.2 Å². The maximum Gasteiger partial charge on any atom is 0.472 e. The van der Waals surface area contributed by atoms with Gasteiger partial charge in [-0.1, -0.05) is 142 Å². The number of Topliss-reactive ketones (excluding diaryl/α,β-unsaturated/α-hetero) is 1. The molecule has 9 N–H and O–H groups in total. The van der Waals surface area contributed by atoms with Gasteiger partial charge in [-0.05, 0) is 25.7 Å². The van der Waals surface area contributed by atoms with E-state index in [1.165, 1.54) is 44.9 Å². The molecule has 2 rings (SSSR count). The van der Waals surface area contributed by atoms with Crippen LogP contribution in [0.1, 0.15) is 174 Å². The van der Waals surface area contributed by atoms with Crippen LogP contribution in [0.15, 0.2) is 12.2 Å². The second-order valence-electron chi connectivity index (χ2n) is 18.0. The van der Waals surface area contributed by atoms with Crippen LogP contribution in [0.3, 0.4) is 0 Å². The van der Waals surface area contributed by atoms with E-state index in [4.69, 9.17) is 23.0 Å². The molecule has 2 bridgehead atoms. The van der Waals surface area contributed by atoms with E-state index >= 15 is 0 Å². The van der Waals surface area contributed by atoms with Gasteiger partial charge in [-0.2, -0.15) is 0 Å². The molecule has 0 amide bonds. The highest BCUT2D eigenvalue weighted by Gasteiger charge is 2.51. The molecule has 1 saturated carbocycles. The van der Waals surface area contributed by atoms with Crippen LogP contribution in [0.2, 0.25) is 0 Å². The van der Waals surface area contributed by atoms with Gasteiger partial charge in [-0.3, -0.25) is 28.0 Å². The third-order valence-electron chi connectivity index (χ3n) is 12.2. The molecule has 21 heteroatoms. The summed E-state index contributed by atoms with van der Waals surface area (Å²) < 4.78 is 52.2. The van der Waals surface area contributed by atoms with Gasteiger partial charge < -0.3 is 54.8 Å². The largest absolute Gasteiger partial charge is 0.472 e. The highest BCUT2D eigenvalue weighted by atomic mass is 31.2.